The zero-order valence-electron chi connectivity index (χ0n) is 10.7. The van der Waals surface area contributed by atoms with Gasteiger partial charge in [0.15, 0.2) is 24.0 Å². The van der Waals surface area contributed by atoms with E-state index in [1.54, 1.807) is 0 Å². The maximum absolute atomic E-state index is 13.5. The van der Waals surface area contributed by atoms with Crippen molar-refractivity contribution in [2.75, 3.05) is 26.9 Å². The molecule has 0 atom stereocenters. The lowest BCUT2D eigenvalue weighted by molar-refractivity contribution is -0.154. The van der Waals surface area contributed by atoms with Crippen molar-refractivity contribution in [3.8, 4) is 5.75 Å². The van der Waals surface area contributed by atoms with Gasteiger partial charge in [0.1, 0.15) is 0 Å². The molecule has 1 aromatic rings. The number of benzene rings is 1. The average Bonchev–Trinajstić information content (AvgIpc) is 2.32. The van der Waals surface area contributed by atoms with Crippen LogP contribution in [0.15, 0.2) is 12.1 Å². The minimum atomic E-state index is -4.65. The Bertz CT molecular complexity index is 413. The highest BCUT2D eigenvalue weighted by Gasteiger charge is 2.29. The summed E-state index contributed by atoms with van der Waals surface area (Å²) < 4.78 is 71.6. The van der Waals surface area contributed by atoms with Crippen LogP contribution in [0.2, 0.25) is 0 Å². The molecule has 0 saturated carbocycles. The monoisotopic (exact) mass is 299 g/mol. The molecule has 0 saturated heterocycles. The van der Waals surface area contributed by atoms with Gasteiger partial charge in [-0.05, 0) is 17.7 Å². The number of rotatable bonds is 7. The first-order chi connectivity index (χ1) is 9.33. The van der Waals surface area contributed by atoms with Gasteiger partial charge in [-0.15, -0.1) is 0 Å². The Morgan fingerprint density at radius 1 is 1.15 bits per heavy atom. The van der Waals surface area contributed by atoms with Gasteiger partial charge in [0.25, 0.3) is 0 Å². The fraction of sp³-hybridized carbons (Fsp3) is 0.500. The van der Waals surface area contributed by atoms with Gasteiger partial charge in [-0.3, -0.25) is 0 Å². The van der Waals surface area contributed by atoms with Crippen molar-refractivity contribution in [3.05, 3.63) is 29.3 Å². The van der Waals surface area contributed by atoms with Crippen molar-refractivity contribution >= 4 is 0 Å². The van der Waals surface area contributed by atoms with Gasteiger partial charge < -0.3 is 14.8 Å². The Kier molecular flexibility index (Phi) is 6.15. The third-order valence-corrected chi connectivity index (χ3v) is 2.25. The van der Waals surface area contributed by atoms with Crippen LogP contribution in [0.25, 0.3) is 0 Å². The zero-order valence-corrected chi connectivity index (χ0v) is 10.7. The predicted molar refractivity (Wildman–Crippen MR) is 61.5 cm³/mol. The lowest BCUT2D eigenvalue weighted by Gasteiger charge is -2.12. The van der Waals surface area contributed by atoms with Crippen LogP contribution in [-0.2, 0) is 11.3 Å². The molecule has 1 N–H and O–H groups in total. The Morgan fingerprint density at radius 2 is 1.75 bits per heavy atom. The zero-order chi connectivity index (χ0) is 15.2. The molecule has 0 spiro atoms. The van der Waals surface area contributed by atoms with E-state index in [1.807, 2.05) is 0 Å². The minimum absolute atomic E-state index is 0.163. The molecule has 1 aromatic carbocycles. The molecule has 114 valence electrons. The summed E-state index contributed by atoms with van der Waals surface area (Å²) in [6, 6.07) is 1.85. The number of hydrogen-bond acceptors (Lipinski definition) is 3. The van der Waals surface area contributed by atoms with Crippen molar-refractivity contribution in [3.63, 3.8) is 0 Å². The SMILES string of the molecule is COCCNCc1cc(F)c(OCC(F)(F)F)c(F)c1. The molecule has 1 rings (SSSR count). The van der Waals surface area contributed by atoms with Gasteiger partial charge in [0.05, 0.1) is 6.61 Å². The van der Waals surface area contributed by atoms with Crippen LogP contribution in [0.5, 0.6) is 5.75 Å². The van der Waals surface area contributed by atoms with Crippen molar-refractivity contribution in [1.29, 1.82) is 0 Å². The van der Waals surface area contributed by atoms with Gasteiger partial charge in [-0.2, -0.15) is 13.2 Å². The number of methoxy groups -OCH3 is 1. The normalized spacial score (nSPS) is 11.7. The molecule has 0 bridgehead atoms. The topological polar surface area (TPSA) is 30.5 Å². The molecule has 0 aromatic heterocycles. The van der Waals surface area contributed by atoms with E-state index in [4.69, 9.17) is 4.74 Å². The number of alkyl halides is 3. The largest absolute Gasteiger partial charge is 0.478 e. The molecule has 0 unspecified atom stereocenters. The highest BCUT2D eigenvalue weighted by molar-refractivity contribution is 5.31. The first-order valence-corrected chi connectivity index (χ1v) is 5.70. The molecule has 20 heavy (non-hydrogen) atoms. The van der Waals surface area contributed by atoms with Gasteiger partial charge >= 0.3 is 6.18 Å². The van der Waals surface area contributed by atoms with E-state index < -0.39 is 30.2 Å². The van der Waals surface area contributed by atoms with Crippen LogP contribution in [-0.4, -0.2) is 33.0 Å². The molecule has 0 aliphatic carbocycles. The first kappa shape index (κ1) is 16.6. The summed E-state index contributed by atoms with van der Waals surface area (Å²) in [5.74, 6) is -3.36. The second-order valence-corrected chi connectivity index (χ2v) is 3.96. The van der Waals surface area contributed by atoms with Gasteiger partial charge in [-0.1, -0.05) is 0 Å². The number of ether oxygens (including phenoxy) is 2. The second kappa shape index (κ2) is 7.39. The van der Waals surface area contributed by atoms with Crippen molar-refractivity contribution < 1.29 is 31.4 Å². The summed E-state index contributed by atoms with van der Waals surface area (Å²) >= 11 is 0. The summed E-state index contributed by atoms with van der Waals surface area (Å²) in [4.78, 5) is 0. The van der Waals surface area contributed by atoms with Crippen LogP contribution >= 0.6 is 0 Å². The molecular weight excluding hydrogens is 285 g/mol. The van der Waals surface area contributed by atoms with Gasteiger partial charge in [0, 0.05) is 20.2 Å². The summed E-state index contributed by atoms with van der Waals surface area (Å²) in [6.07, 6.45) is -4.65. The second-order valence-electron chi connectivity index (χ2n) is 3.96. The number of nitrogens with one attached hydrogen (secondary N) is 1. The van der Waals surface area contributed by atoms with E-state index >= 15 is 0 Å². The molecular formula is C12H14F5NO2. The molecule has 0 heterocycles. The number of halogens is 5. The quantitative estimate of drug-likeness (QED) is 0.620. The number of hydrogen-bond donors (Lipinski definition) is 1. The fourth-order valence-electron chi connectivity index (χ4n) is 1.41. The molecule has 0 amide bonds. The van der Waals surface area contributed by atoms with Crippen molar-refractivity contribution in [1.82, 2.24) is 5.32 Å². The highest BCUT2D eigenvalue weighted by atomic mass is 19.4. The molecule has 3 nitrogen and oxygen atoms in total. The Morgan fingerprint density at radius 3 is 2.25 bits per heavy atom. The van der Waals surface area contributed by atoms with E-state index in [0.29, 0.717) is 13.2 Å². The van der Waals surface area contributed by atoms with Crippen LogP contribution < -0.4 is 10.1 Å². The molecule has 0 aliphatic heterocycles. The predicted octanol–water partition coefficient (Wildman–Crippen LogP) is 2.64. The van der Waals surface area contributed by atoms with Crippen LogP contribution in [0.3, 0.4) is 0 Å². The third kappa shape index (κ3) is 5.70. The van der Waals surface area contributed by atoms with Crippen LogP contribution in [0.1, 0.15) is 5.56 Å². The lowest BCUT2D eigenvalue weighted by atomic mass is 10.2. The van der Waals surface area contributed by atoms with E-state index in [2.05, 4.69) is 10.1 Å². The fourth-order valence-corrected chi connectivity index (χ4v) is 1.41. The summed E-state index contributed by atoms with van der Waals surface area (Å²) in [5.41, 5.74) is 0.260. The smallest absolute Gasteiger partial charge is 0.422 e. The summed E-state index contributed by atoms with van der Waals surface area (Å²) in [6.45, 7) is -0.674. The summed E-state index contributed by atoms with van der Waals surface area (Å²) in [7, 11) is 1.51. The molecule has 0 fully saturated rings. The Hall–Kier alpha value is -1.41. The van der Waals surface area contributed by atoms with Crippen LogP contribution in [0.4, 0.5) is 22.0 Å². The third-order valence-electron chi connectivity index (χ3n) is 2.25. The maximum atomic E-state index is 13.5. The lowest BCUT2D eigenvalue weighted by Crippen LogP contribution is -2.21. The Balaban J connectivity index is 2.66. The summed E-state index contributed by atoms with van der Waals surface area (Å²) in [5, 5.41) is 2.85. The van der Waals surface area contributed by atoms with E-state index in [-0.39, 0.29) is 12.1 Å². The van der Waals surface area contributed by atoms with Crippen molar-refractivity contribution in [2.45, 2.75) is 12.7 Å². The van der Waals surface area contributed by atoms with Crippen molar-refractivity contribution in [2.24, 2.45) is 0 Å². The molecule has 8 heteroatoms. The van der Waals surface area contributed by atoms with E-state index in [9.17, 15) is 22.0 Å². The van der Waals surface area contributed by atoms with Crippen LogP contribution in [0, 0.1) is 11.6 Å². The highest BCUT2D eigenvalue weighted by Crippen LogP contribution is 2.25. The Labute approximate surface area is 112 Å². The maximum Gasteiger partial charge on any atom is 0.422 e. The van der Waals surface area contributed by atoms with Gasteiger partial charge in [-0.25, -0.2) is 8.78 Å². The molecule has 0 radical (unpaired) electrons. The minimum Gasteiger partial charge on any atom is -0.478 e. The van der Waals surface area contributed by atoms with E-state index in [0.717, 1.165) is 12.1 Å². The standard InChI is InChI=1S/C12H14F5NO2/c1-19-3-2-18-6-8-4-9(13)11(10(14)5-8)20-7-12(15,16)17/h4-5,18H,2-3,6-7H2,1H3. The molecule has 0 aliphatic rings. The average molecular weight is 299 g/mol. The first-order valence-electron chi connectivity index (χ1n) is 5.70. The van der Waals surface area contributed by atoms with Gasteiger partial charge in [0.2, 0.25) is 0 Å². The van der Waals surface area contributed by atoms with E-state index in [1.165, 1.54) is 7.11 Å².